The molecule has 1 fully saturated rings. The molecule has 1 radical (unpaired) electrons. The van der Waals surface area contributed by atoms with Crippen molar-refractivity contribution in [1.29, 1.82) is 0 Å². The summed E-state index contributed by atoms with van der Waals surface area (Å²) in [5, 5.41) is 13.2. The van der Waals surface area contributed by atoms with Gasteiger partial charge in [0.1, 0.15) is 0 Å². The minimum atomic E-state index is -1.11. The number of rotatable bonds is 3. The van der Waals surface area contributed by atoms with Crippen molar-refractivity contribution in [3.05, 3.63) is 12.2 Å². The normalized spacial score (nSPS) is 24.5. The zero-order valence-corrected chi connectivity index (χ0v) is 6.38. The fourth-order valence-electron chi connectivity index (χ4n) is 1.29. The second-order valence-corrected chi connectivity index (χ2v) is 2.75. The zero-order valence-electron chi connectivity index (χ0n) is 6.38. The van der Waals surface area contributed by atoms with E-state index in [9.17, 15) is 9.90 Å². The van der Waals surface area contributed by atoms with Gasteiger partial charge in [-0.25, -0.2) is 9.90 Å². The second kappa shape index (κ2) is 4.13. The van der Waals surface area contributed by atoms with E-state index in [1.807, 2.05) is 0 Å². The van der Waals surface area contributed by atoms with Gasteiger partial charge >= 0.3 is 5.97 Å². The molecule has 0 aromatic rings. The van der Waals surface area contributed by atoms with E-state index in [1.54, 1.807) is 6.08 Å². The molecule has 1 N–H and O–H groups in total. The summed E-state index contributed by atoms with van der Waals surface area (Å²) in [6.45, 7) is 1.06. The molecule has 1 aliphatic rings. The van der Waals surface area contributed by atoms with Crippen LogP contribution in [0.5, 0.6) is 0 Å². The number of nitrogens with one attached hydrogen (secondary N) is 1. The van der Waals surface area contributed by atoms with Crippen LogP contribution < -0.4 is 5.32 Å². The van der Waals surface area contributed by atoms with Gasteiger partial charge in [0.15, 0.2) is 0 Å². The summed E-state index contributed by atoms with van der Waals surface area (Å²) in [5.74, 6) is -1.11. The molecule has 0 aromatic heterocycles. The third-order valence-electron chi connectivity index (χ3n) is 1.84. The van der Waals surface area contributed by atoms with Gasteiger partial charge in [-0.2, -0.15) is 0 Å². The van der Waals surface area contributed by atoms with Gasteiger partial charge in [-0.3, -0.25) is 0 Å². The molecule has 3 nitrogen and oxygen atoms in total. The molecule has 1 unspecified atom stereocenters. The van der Waals surface area contributed by atoms with Gasteiger partial charge in [0.25, 0.3) is 0 Å². The summed E-state index contributed by atoms with van der Waals surface area (Å²) in [6.07, 6.45) is 5.90. The molecule has 1 saturated heterocycles. The molecule has 1 aliphatic heterocycles. The van der Waals surface area contributed by atoms with E-state index < -0.39 is 5.97 Å². The number of hydrogen-bond donors (Lipinski definition) is 1. The fraction of sp³-hybridized carbons (Fsp3) is 0.625. The first-order chi connectivity index (χ1) is 5.29. The van der Waals surface area contributed by atoms with E-state index in [4.69, 9.17) is 0 Å². The average molecular weight is 154 g/mol. The smallest absolute Gasteiger partial charge is 0.314 e. The Hall–Kier alpha value is -0.830. The van der Waals surface area contributed by atoms with Crippen LogP contribution in [0.25, 0.3) is 0 Å². The highest BCUT2D eigenvalue weighted by molar-refractivity contribution is 5.79. The van der Waals surface area contributed by atoms with Crippen molar-refractivity contribution in [3.63, 3.8) is 0 Å². The lowest BCUT2D eigenvalue weighted by molar-refractivity contribution is -0.137. The van der Waals surface area contributed by atoms with Crippen LogP contribution >= 0.6 is 0 Å². The van der Waals surface area contributed by atoms with Crippen LogP contribution in [0.4, 0.5) is 0 Å². The van der Waals surface area contributed by atoms with Crippen LogP contribution in [0.15, 0.2) is 12.2 Å². The van der Waals surface area contributed by atoms with Crippen molar-refractivity contribution >= 4 is 5.97 Å². The van der Waals surface area contributed by atoms with Crippen LogP contribution in [0.3, 0.4) is 0 Å². The van der Waals surface area contributed by atoms with Crippen LogP contribution in [-0.2, 0) is 9.90 Å². The third kappa shape index (κ3) is 3.18. The minimum Gasteiger partial charge on any atom is -0.314 e. The standard InChI is InChI=1S/C8H12NO2/c10-8(11)5-1-3-7-4-2-6-9-7/h1,5,7,9H,2-4,6H2. The Balaban J connectivity index is 2.15. The van der Waals surface area contributed by atoms with E-state index in [0.29, 0.717) is 6.04 Å². The maximum atomic E-state index is 9.95. The molecular formula is C8H12NO2. The molecule has 3 heteroatoms. The van der Waals surface area contributed by atoms with E-state index in [1.165, 1.54) is 6.42 Å². The SMILES string of the molecule is [O]C(=O)C=CCC1CCCN1. The summed E-state index contributed by atoms with van der Waals surface area (Å²) in [7, 11) is 0. The Morgan fingerprint density at radius 1 is 1.64 bits per heavy atom. The molecule has 0 amide bonds. The molecule has 1 rings (SSSR count). The molecule has 0 saturated carbocycles. The fourth-order valence-corrected chi connectivity index (χ4v) is 1.29. The lowest BCUT2D eigenvalue weighted by Gasteiger charge is -2.03. The molecule has 1 atom stereocenters. The largest absolute Gasteiger partial charge is 0.378 e. The first-order valence-corrected chi connectivity index (χ1v) is 3.90. The van der Waals surface area contributed by atoms with Crippen LogP contribution in [0.2, 0.25) is 0 Å². The van der Waals surface area contributed by atoms with Gasteiger partial charge in [0.05, 0.1) is 0 Å². The first-order valence-electron chi connectivity index (χ1n) is 3.90. The van der Waals surface area contributed by atoms with E-state index in [0.717, 1.165) is 25.5 Å². The monoisotopic (exact) mass is 154 g/mol. The predicted octanol–water partition coefficient (Wildman–Crippen LogP) is 0.642. The van der Waals surface area contributed by atoms with Crippen molar-refractivity contribution in [1.82, 2.24) is 5.32 Å². The Morgan fingerprint density at radius 2 is 2.45 bits per heavy atom. The summed E-state index contributed by atoms with van der Waals surface area (Å²) in [6, 6.07) is 0.477. The number of carbonyl (C=O) groups is 1. The number of carbonyl (C=O) groups excluding carboxylic acids is 1. The van der Waals surface area contributed by atoms with Crippen molar-refractivity contribution in [2.75, 3.05) is 6.54 Å². The van der Waals surface area contributed by atoms with E-state index in [-0.39, 0.29) is 0 Å². The average Bonchev–Trinajstić information content (AvgIpc) is 2.39. The molecular weight excluding hydrogens is 142 g/mol. The molecule has 1 heterocycles. The first kappa shape index (κ1) is 8.27. The Kier molecular flexibility index (Phi) is 3.11. The summed E-state index contributed by atoms with van der Waals surface area (Å²) >= 11 is 0. The highest BCUT2D eigenvalue weighted by Crippen LogP contribution is 2.08. The minimum absolute atomic E-state index is 0.477. The van der Waals surface area contributed by atoms with Gasteiger partial charge in [0.2, 0.25) is 0 Å². The van der Waals surface area contributed by atoms with E-state index >= 15 is 0 Å². The van der Waals surface area contributed by atoms with Crippen LogP contribution in [0.1, 0.15) is 19.3 Å². The van der Waals surface area contributed by atoms with Crippen LogP contribution in [0, 0.1) is 0 Å². The Bertz CT molecular complexity index is 159. The van der Waals surface area contributed by atoms with E-state index in [2.05, 4.69) is 5.32 Å². The quantitative estimate of drug-likeness (QED) is 0.606. The highest BCUT2D eigenvalue weighted by atomic mass is 16.4. The lowest BCUT2D eigenvalue weighted by atomic mass is 10.1. The van der Waals surface area contributed by atoms with Gasteiger partial charge < -0.3 is 5.32 Å². The van der Waals surface area contributed by atoms with Crippen molar-refractivity contribution in [3.8, 4) is 0 Å². The number of hydrogen-bond acceptors (Lipinski definition) is 2. The van der Waals surface area contributed by atoms with Crippen molar-refractivity contribution in [2.24, 2.45) is 0 Å². The summed E-state index contributed by atoms with van der Waals surface area (Å²) < 4.78 is 0. The maximum Gasteiger partial charge on any atom is 0.378 e. The Morgan fingerprint density at radius 3 is 3.00 bits per heavy atom. The third-order valence-corrected chi connectivity index (χ3v) is 1.84. The predicted molar refractivity (Wildman–Crippen MR) is 40.5 cm³/mol. The molecule has 11 heavy (non-hydrogen) atoms. The van der Waals surface area contributed by atoms with Crippen LogP contribution in [-0.4, -0.2) is 18.6 Å². The Labute approximate surface area is 66.1 Å². The van der Waals surface area contributed by atoms with Crippen molar-refractivity contribution < 1.29 is 9.90 Å². The summed E-state index contributed by atoms with van der Waals surface area (Å²) in [5.41, 5.74) is 0. The maximum absolute atomic E-state index is 9.95. The molecule has 0 bridgehead atoms. The molecule has 0 spiro atoms. The van der Waals surface area contributed by atoms with Gasteiger partial charge in [0, 0.05) is 12.1 Å². The van der Waals surface area contributed by atoms with Gasteiger partial charge in [-0.1, -0.05) is 6.08 Å². The van der Waals surface area contributed by atoms with Gasteiger partial charge in [-0.15, -0.1) is 0 Å². The topological polar surface area (TPSA) is 49.0 Å². The lowest BCUT2D eigenvalue weighted by Crippen LogP contribution is -2.20. The van der Waals surface area contributed by atoms with Crippen molar-refractivity contribution in [2.45, 2.75) is 25.3 Å². The zero-order chi connectivity index (χ0) is 8.10. The second-order valence-electron chi connectivity index (χ2n) is 2.75. The molecule has 61 valence electrons. The summed E-state index contributed by atoms with van der Waals surface area (Å²) in [4.78, 5) is 9.95. The van der Waals surface area contributed by atoms with Gasteiger partial charge in [-0.05, 0) is 25.8 Å². The molecule has 0 aliphatic carbocycles. The highest BCUT2D eigenvalue weighted by Gasteiger charge is 2.11. The molecule has 0 aromatic carbocycles.